The number of anilines is 1. The molecule has 0 radical (unpaired) electrons. The number of likely N-dealkylation sites (tertiary alicyclic amines) is 1. The van der Waals surface area contributed by atoms with Crippen LogP contribution in [0.15, 0.2) is 41.5 Å². The number of nitrogens with one attached hydrogen (secondary N) is 1. The number of hydrogen-bond donors (Lipinski definition) is 1. The fourth-order valence-corrected chi connectivity index (χ4v) is 6.73. The Balaban J connectivity index is 1.02. The third-order valence-electron chi connectivity index (χ3n) is 9.28. The standard InChI is InChI=1S/C35H42N6O5/c1-35(2,3)46-34(45)40-21-25(22-40)26-20-36-16-13-27(26)39-17-14-23(15-18-39)7-5-6-8-24-9-10-28-30(19-24)38(4)33(44)41(28)29-11-12-31(42)37-32(29)43/h9-10,13,16,19-20,23,25,29H,5,7,11-12,14-15,17-18,21-22H2,1-4H3,(H,37,42,43). The van der Waals surface area contributed by atoms with Crippen LogP contribution in [-0.4, -0.2) is 68.7 Å². The molecule has 0 saturated carbocycles. The van der Waals surface area contributed by atoms with E-state index in [1.807, 2.05) is 51.4 Å². The van der Waals surface area contributed by atoms with Gasteiger partial charge in [-0.15, -0.1) is 0 Å². The predicted molar refractivity (Wildman–Crippen MR) is 174 cm³/mol. The van der Waals surface area contributed by atoms with Gasteiger partial charge in [0.25, 0.3) is 0 Å². The van der Waals surface area contributed by atoms with Gasteiger partial charge in [0.15, 0.2) is 0 Å². The summed E-state index contributed by atoms with van der Waals surface area (Å²) >= 11 is 0. The summed E-state index contributed by atoms with van der Waals surface area (Å²) in [6.07, 6.45) is 8.09. The molecule has 11 nitrogen and oxygen atoms in total. The first-order valence-corrected chi connectivity index (χ1v) is 16.2. The Labute approximate surface area is 268 Å². The van der Waals surface area contributed by atoms with Crippen LogP contribution in [0.3, 0.4) is 0 Å². The monoisotopic (exact) mass is 626 g/mol. The topological polar surface area (TPSA) is 119 Å². The molecule has 3 amide bonds. The Morgan fingerprint density at radius 1 is 1.07 bits per heavy atom. The van der Waals surface area contributed by atoms with Gasteiger partial charge in [-0.3, -0.25) is 29.0 Å². The minimum atomic E-state index is -0.699. The second-order valence-electron chi connectivity index (χ2n) is 13.7. The summed E-state index contributed by atoms with van der Waals surface area (Å²) in [4.78, 5) is 58.1. The summed E-state index contributed by atoms with van der Waals surface area (Å²) in [7, 11) is 1.69. The molecule has 3 aliphatic heterocycles. The number of aryl methyl sites for hydroxylation is 1. The van der Waals surface area contributed by atoms with E-state index in [4.69, 9.17) is 4.74 Å². The van der Waals surface area contributed by atoms with E-state index in [0.717, 1.165) is 44.3 Å². The molecule has 1 unspecified atom stereocenters. The molecule has 242 valence electrons. The van der Waals surface area contributed by atoms with Crippen molar-refractivity contribution < 1.29 is 19.1 Å². The van der Waals surface area contributed by atoms with Gasteiger partial charge >= 0.3 is 11.8 Å². The fraction of sp³-hybridized carbons (Fsp3) is 0.514. The zero-order valence-corrected chi connectivity index (χ0v) is 27.0. The lowest BCUT2D eigenvalue weighted by molar-refractivity contribution is -0.135. The maximum absolute atomic E-state index is 13.0. The number of imidazole rings is 1. The first kappa shape index (κ1) is 31.4. The summed E-state index contributed by atoms with van der Waals surface area (Å²) in [5, 5.41) is 2.34. The molecule has 0 aliphatic carbocycles. The Morgan fingerprint density at radius 3 is 2.54 bits per heavy atom. The van der Waals surface area contributed by atoms with E-state index in [1.165, 1.54) is 20.4 Å². The van der Waals surface area contributed by atoms with Crippen molar-refractivity contribution in [3.8, 4) is 11.8 Å². The van der Waals surface area contributed by atoms with E-state index >= 15 is 0 Å². The molecule has 11 heteroatoms. The molecule has 3 aromatic rings. The normalized spacial score (nSPS) is 19.4. The first-order chi connectivity index (χ1) is 22.0. The van der Waals surface area contributed by atoms with E-state index in [2.05, 4.69) is 33.1 Å². The van der Waals surface area contributed by atoms with Gasteiger partial charge in [-0.25, -0.2) is 9.59 Å². The number of carbonyl (C=O) groups is 3. The van der Waals surface area contributed by atoms with Crippen molar-refractivity contribution in [2.75, 3.05) is 31.1 Å². The van der Waals surface area contributed by atoms with Gasteiger partial charge < -0.3 is 14.5 Å². The van der Waals surface area contributed by atoms with Crippen molar-refractivity contribution in [1.29, 1.82) is 0 Å². The van der Waals surface area contributed by atoms with Crippen LogP contribution in [0, 0.1) is 17.8 Å². The van der Waals surface area contributed by atoms with Crippen molar-refractivity contribution in [2.45, 2.75) is 76.9 Å². The summed E-state index contributed by atoms with van der Waals surface area (Å²) in [5.74, 6) is 6.72. The zero-order valence-electron chi connectivity index (χ0n) is 27.0. The number of ether oxygens (including phenoxy) is 1. The number of hydrogen-bond acceptors (Lipinski definition) is 7. The third kappa shape index (κ3) is 6.52. The smallest absolute Gasteiger partial charge is 0.410 e. The molecule has 1 atom stereocenters. The minimum Gasteiger partial charge on any atom is -0.444 e. The second kappa shape index (κ2) is 12.7. The van der Waals surface area contributed by atoms with Gasteiger partial charge in [0, 0.05) is 81.2 Å². The molecule has 1 N–H and O–H groups in total. The molecule has 2 aromatic heterocycles. The molecule has 0 spiro atoms. The van der Waals surface area contributed by atoms with E-state index in [-0.39, 0.29) is 30.0 Å². The lowest BCUT2D eigenvalue weighted by Crippen LogP contribution is -2.50. The highest BCUT2D eigenvalue weighted by Gasteiger charge is 2.37. The molecule has 5 heterocycles. The van der Waals surface area contributed by atoms with Gasteiger partial charge in [0.05, 0.1) is 11.0 Å². The average Bonchev–Trinajstić information content (AvgIpc) is 3.23. The molecule has 46 heavy (non-hydrogen) atoms. The minimum absolute atomic E-state index is 0.212. The number of pyridine rings is 1. The zero-order chi connectivity index (χ0) is 32.6. The van der Waals surface area contributed by atoms with E-state index in [1.54, 1.807) is 11.9 Å². The van der Waals surface area contributed by atoms with Crippen LogP contribution in [0.1, 0.15) is 82.4 Å². The molecular formula is C35H42N6O5. The fourth-order valence-electron chi connectivity index (χ4n) is 6.73. The molecule has 1 aromatic carbocycles. The van der Waals surface area contributed by atoms with E-state index in [0.29, 0.717) is 36.5 Å². The number of nitrogens with zero attached hydrogens (tertiary/aromatic N) is 5. The molecule has 0 bridgehead atoms. The Hall–Kier alpha value is -4.59. The van der Waals surface area contributed by atoms with Crippen molar-refractivity contribution in [2.24, 2.45) is 13.0 Å². The highest BCUT2D eigenvalue weighted by Crippen LogP contribution is 2.36. The van der Waals surface area contributed by atoms with Crippen LogP contribution in [-0.2, 0) is 21.4 Å². The van der Waals surface area contributed by atoms with Crippen LogP contribution >= 0.6 is 0 Å². The van der Waals surface area contributed by atoms with Gasteiger partial charge in [-0.2, -0.15) is 0 Å². The molecular weight excluding hydrogens is 584 g/mol. The second-order valence-corrected chi connectivity index (χ2v) is 13.7. The molecule has 3 fully saturated rings. The van der Waals surface area contributed by atoms with Crippen LogP contribution in [0.5, 0.6) is 0 Å². The Bertz CT molecular complexity index is 1780. The molecule has 6 rings (SSSR count). The van der Waals surface area contributed by atoms with Crippen molar-refractivity contribution in [1.82, 2.24) is 24.3 Å². The van der Waals surface area contributed by atoms with Crippen LogP contribution in [0.2, 0.25) is 0 Å². The number of imide groups is 1. The van der Waals surface area contributed by atoms with Crippen molar-refractivity contribution in [3.63, 3.8) is 0 Å². The number of carbonyl (C=O) groups excluding carboxylic acids is 3. The Morgan fingerprint density at radius 2 is 1.83 bits per heavy atom. The van der Waals surface area contributed by atoms with Crippen molar-refractivity contribution >= 4 is 34.6 Å². The van der Waals surface area contributed by atoms with Crippen molar-refractivity contribution in [3.05, 3.63) is 58.3 Å². The lowest BCUT2D eigenvalue weighted by Gasteiger charge is -2.42. The van der Waals surface area contributed by atoms with Gasteiger partial charge in [-0.05, 0) is 76.6 Å². The number of piperidine rings is 2. The summed E-state index contributed by atoms with van der Waals surface area (Å²) in [5.41, 5.74) is 3.84. The molecule has 3 saturated heterocycles. The van der Waals surface area contributed by atoms with Gasteiger partial charge in [0.2, 0.25) is 11.8 Å². The first-order valence-electron chi connectivity index (χ1n) is 16.2. The highest BCUT2D eigenvalue weighted by atomic mass is 16.6. The maximum atomic E-state index is 13.0. The number of benzene rings is 1. The molecule has 3 aliphatic rings. The summed E-state index contributed by atoms with van der Waals surface area (Å²) < 4.78 is 8.54. The summed E-state index contributed by atoms with van der Waals surface area (Å²) in [6, 6.07) is 7.02. The SMILES string of the molecule is Cn1c(=O)n(C2CCC(=O)NC2=O)c2ccc(C#CCCC3CCN(c4ccncc4C4CN(C(=O)OC(C)(C)C)C4)CC3)cc21. The average molecular weight is 627 g/mol. The quantitative estimate of drug-likeness (QED) is 0.335. The van der Waals surface area contributed by atoms with Crippen LogP contribution < -0.4 is 15.9 Å². The Kier molecular flexibility index (Phi) is 8.64. The predicted octanol–water partition coefficient (Wildman–Crippen LogP) is 4.10. The number of amides is 3. The maximum Gasteiger partial charge on any atom is 0.410 e. The van der Waals surface area contributed by atoms with Gasteiger partial charge in [-0.1, -0.05) is 11.8 Å². The number of rotatable bonds is 5. The van der Waals surface area contributed by atoms with Crippen LogP contribution in [0.4, 0.5) is 10.5 Å². The summed E-state index contributed by atoms with van der Waals surface area (Å²) in [6.45, 7) is 8.91. The number of fused-ring (bicyclic) bond motifs is 1. The van der Waals surface area contributed by atoms with E-state index in [9.17, 15) is 19.2 Å². The number of aromatic nitrogens is 3. The van der Waals surface area contributed by atoms with Gasteiger partial charge in [0.1, 0.15) is 11.6 Å². The highest BCUT2D eigenvalue weighted by molar-refractivity contribution is 6.00. The van der Waals surface area contributed by atoms with E-state index < -0.39 is 17.6 Å². The van der Waals surface area contributed by atoms with Crippen LogP contribution in [0.25, 0.3) is 11.0 Å². The largest absolute Gasteiger partial charge is 0.444 e. The third-order valence-corrected chi connectivity index (χ3v) is 9.28. The lowest BCUT2D eigenvalue weighted by atomic mass is 9.89.